The van der Waals surface area contributed by atoms with Gasteiger partial charge in [-0.3, -0.25) is 9.59 Å². The lowest BCUT2D eigenvalue weighted by Crippen LogP contribution is -2.52. The zero-order valence-electron chi connectivity index (χ0n) is 17.9. The standard InChI is InChI=1S/C21H31N3O6/c1-21(2,3)30-20(28)24-15(11-10-14-8-6-5-7-9-14)18(26)23-16(19(27)29-4)12-13-17(22)25/h5-9,15-16H,10-13H2,1-4H3,(H2,22,25)(H,23,26)(H,24,28). The Hall–Kier alpha value is -3.10. The van der Waals surface area contributed by atoms with Crippen LogP contribution in [0.4, 0.5) is 4.79 Å². The van der Waals surface area contributed by atoms with Crippen LogP contribution < -0.4 is 16.4 Å². The summed E-state index contributed by atoms with van der Waals surface area (Å²) in [6.45, 7) is 5.13. The van der Waals surface area contributed by atoms with E-state index < -0.39 is 41.6 Å². The third-order valence-corrected chi connectivity index (χ3v) is 4.05. The van der Waals surface area contributed by atoms with Crippen molar-refractivity contribution in [3.05, 3.63) is 35.9 Å². The number of rotatable bonds is 10. The van der Waals surface area contributed by atoms with Crippen LogP contribution in [0, 0.1) is 0 Å². The first-order valence-corrected chi connectivity index (χ1v) is 9.71. The number of benzene rings is 1. The number of ether oxygens (including phenoxy) is 2. The summed E-state index contributed by atoms with van der Waals surface area (Å²) in [7, 11) is 1.18. The average Bonchev–Trinajstić information content (AvgIpc) is 2.66. The molecule has 0 radical (unpaired) electrons. The van der Waals surface area contributed by atoms with Gasteiger partial charge in [0.15, 0.2) is 0 Å². The molecule has 0 aliphatic heterocycles. The van der Waals surface area contributed by atoms with E-state index in [0.717, 1.165) is 5.56 Å². The zero-order valence-corrected chi connectivity index (χ0v) is 17.9. The molecule has 4 N–H and O–H groups in total. The highest BCUT2D eigenvalue weighted by Crippen LogP contribution is 2.10. The van der Waals surface area contributed by atoms with E-state index >= 15 is 0 Å². The number of hydrogen-bond donors (Lipinski definition) is 3. The fraction of sp³-hybridized carbons (Fsp3) is 0.524. The Morgan fingerprint density at radius 2 is 1.63 bits per heavy atom. The second-order valence-electron chi connectivity index (χ2n) is 7.81. The fourth-order valence-electron chi connectivity index (χ4n) is 2.62. The maximum Gasteiger partial charge on any atom is 0.408 e. The first-order chi connectivity index (χ1) is 14.0. The summed E-state index contributed by atoms with van der Waals surface area (Å²) in [5.41, 5.74) is 5.38. The minimum absolute atomic E-state index is 0.00834. The van der Waals surface area contributed by atoms with E-state index in [1.54, 1.807) is 20.8 Å². The van der Waals surface area contributed by atoms with Gasteiger partial charge in [0.25, 0.3) is 0 Å². The normalized spacial score (nSPS) is 12.9. The van der Waals surface area contributed by atoms with Crippen molar-refractivity contribution in [1.29, 1.82) is 0 Å². The molecule has 1 rings (SSSR count). The molecule has 2 atom stereocenters. The Bertz CT molecular complexity index is 730. The Morgan fingerprint density at radius 1 is 1.00 bits per heavy atom. The molecule has 0 bridgehead atoms. The molecule has 0 spiro atoms. The van der Waals surface area contributed by atoms with Crippen LogP contribution >= 0.6 is 0 Å². The number of primary amides is 1. The molecule has 0 aliphatic rings. The van der Waals surface area contributed by atoms with E-state index in [4.69, 9.17) is 10.5 Å². The maximum atomic E-state index is 12.8. The van der Waals surface area contributed by atoms with Crippen LogP contribution in [0.3, 0.4) is 0 Å². The lowest BCUT2D eigenvalue weighted by atomic mass is 10.0. The zero-order chi connectivity index (χ0) is 22.7. The first-order valence-electron chi connectivity index (χ1n) is 9.71. The van der Waals surface area contributed by atoms with E-state index in [1.807, 2.05) is 30.3 Å². The molecular formula is C21H31N3O6. The van der Waals surface area contributed by atoms with Gasteiger partial charge in [0, 0.05) is 6.42 Å². The summed E-state index contributed by atoms with van der Waals surface area (Å²) < 4.78 is 9.92. The Labute approximate surface area is 176 Å². The molecule has 9 heteroatoms. The van der Waals surface area contributed by atoms with E-state index in [2.05, 4.69) is 15.4 Å². The van der Waals surface area contributed by atoms with Gasteiger partial charge in [-0.1, -0.05) is 30.3 Å². The third kappa shape index (κ3) is 9.90. The van der Waals surface area contributed by atoms with Crippen LogP contribution in [0.15, 0.2) is 30.3 Å². The van der Waals surface area contributed by atoms with Crippen molar-refractivity contribution in [2.24, 2.45) is 5.73 Å². The van der Waals surface area contributed by atoms with Gasteiger partial charge >= 0.3 is 12.1 Å². The molecule has 0 fully saturated rings. The van der Waals surface area contributed by atoms with Crippen LogP contribution in [-0.2, 0) is 30.3 Å². The lowest BCUT2D eigenvalue weighted by Gasteiger charge is -2.25. The van der Waals surface area contributed by atoms with Crippen molar-refractivity contribution in [2.45, 2.75) is 64.1 Å². The molecular weight excluding hydrogens is 390 g/mol. The maximum absolute atomic E-state index is 12.8. The lowest BCUT2D eigenvalue weighted by molar-refractivity contribution is -0.145. The largest absolute Gasteiger partial charge is 0.467 e. The van der Waals surface area contributed by atoms with Gasteiger partial charge in [0.2, 0.25) is 11.8 Å². The molecule has 3 amide bonds. The van der Waals surface area contributed by atoms with Crippen molar-refractivity contribution < 1.29 is 28.7 Å². The van der Waals surface area contributed by atoms with Gasteiger partial charge in [-0.15, -0.1) is 0 Å². The van der Waals surface area contributed by atoms with Crippen molar-refractivity contribution in [1.82, 2.24) is 10.6 Å². The predicted octanol–water partition coefficient (Wildman–Crippen LogP) is 1.44. The second-order valence-corrected chi connectivity index (χ2v) is 7.81. The SMILES string of the molecule is COC(=O)C(CCC(N)=O)NC(=O)C(CCc1ccccc1)NC(=O)OC(C)(C)C. The Kier molecular flexibility index (Phi) is 9.80. The van der Waals surface area contributed by atoms with Crippen LogP contribution in [0.2, 0.25) is 0 Å². The number of methoxy groups -OCH3 is 1. The molecule has 0 saturated heterocycles. The molecule has 0 aromatic heterocycles. The van der Waals surface area contributed by atoms with Crippen LogP contribution in [-0.4, -0.2) is 48.7 Å². The summed E-state index contributed by atoms with van der Waals surface area (Å²) in [4.78, 5) is 48.1. The van der Waals surface area contributed by atoms with E-state index in [9.17, 15) is 19.2 Å². The average molecular weight is 421 g/mol. The predicted molar refractivity (Wildman–Crippen MR) is 110 cm³/mol. The number of carbonyl (C=O) groups is 4. The minimum Gasteiger partial charge on any atom is -0.467 e. The molecule has 0 heterocycles. The summed E-state index contributed by atoms with van der Waals surface area (Å²) in [5, 5.41) is 5.09. The summed E-state index contributed by atoms with van der Waals surface area (Å²) in [6.07, 6.45) is -0.0696. The van der Waals surface area contributed by atoms with Gasteiger partial charge in [-0.2, -0.15) is 0 Å². The van der Waals surface area contributed by atoms with Gasteiger partial charge in [0.05, 0.1) is 7.11 Å². The second kappa shape index (κ2) is 11.8. The van der Waals surface area contributed by atoms with Crippen molar-refractivity contribution in [3.8, 4) is 0 Å². The molecule has 9 nitrogen and oxygen atoms in total. The number of carbonyl (C=O) groups excluding carboxylic acids is 4. The van der Waals surface area contributed by atoms with Gasteiger partial charge < -0.3 is 25.8 Å². The highest BCUT2D eigenvalue weighted by atomic mass is 16.6. The van der Waals surface area contributed by atoms with Crippen molar-refractivity contribution in [3.63, 3.8) is 0 Å². The topological polar surface area (TPSA) is 137 Å². The number of nitrogens with two attached hydrogens (primary N) is 1. The van der Waals surface area contributed by atoms with Crippen LogP contribution in [0.25, 0.3) is 0 Å². The Balaban J connectivity index is 2.90. The number of aryl methyl sites for hydroxylation is 1. The summed E-state index contributed by atoms with van der Waals surface area (Å²) >= 11 is 0. The van der Waals surface area contributed by atoms with Gasteiger partial charge in [-0.05, 0) is 45.6 Å². The highest BCUT2D eigenvalue weighted by Gasteiger charge is 2.29. The molecule has 1 aromatic rings. The smallest absolute Gasteiger partial charge is 0.408 e. The van der Waals surface area contributed by atoms with Gasteiger partial charge in [-0.25, -0.2) is 9.59 Å². The molecule has 0 aliphatic carbocycles. The molecule has 2 unspecified atom stereocenters. The van der Waals surface area contributed by atoms with Crippen LogP contribution in [0.5, 0.6) is 0 Å². The van der Waals surface area contributed by atoms with Gasteiger partial charge in [0.1, 0.15) is 17.7 Å². The molecule has 1 aromatic carbocycles. The van der Waals surface area contributed by atoms with E-state index in [-0.39, 0.29) is 19.3 Å². The number of hydrogen-bond acceptors (Lipinski definition) is 6. The fourth-order valence-corrected chi connectivity index (χ4v) is 2.62. The quantitative estimate of drug-likeness (QED) is 0.489. The summed E-state index contributed by atoms with van der Waals surface area (Å²) in [5.74, 6) is -1.90. The minimum atomic E-state index is -1.06. The highest BCUT2D eigenvalue weighted by molar-refractivity contribution is 5.90. The van der Waals surface area contributed by atoms with Crippen molar-refractivity contribution >= 4 is 23.9 Å². The molecule has 166 valence electrons. The van der Waals surface area contributed by atoms with Crippen molar-refractivity contribution in [2.75, 3.05) is 7.11 Å². The monoisotopic (exact) mass is 421 g/mol. The first kappa shape index (κ1) is 24.9. The Morgan fingerprint density at radius 3 is 2.17 bits per heavy atom. The van der Waals surface area contributed by atoms with E-state index in [0.29, 0.717) is 6.42 Å². The number of amides is 3. The summed E-state index contributed by atoms with van der Waals surface area (Å²) in [6, 6.07) is 7.44. The third-order valence-electron chi connectivity index (χ3n) is 4.05. The van der Waals surface area contributed by atoms with E-state index in [1.165, 1.54) is 7.11 Å². The number of alkyl carbamates (subject to hydrolysis) is 1. The van der Waals surface area contributed by atoms with Crippen LogP contribution in [0.1, 0.15) is 45.6 Å². The number of esters is 1. The molecule has 30 heavy (non-hydrogen) atoms. The number of nitrogens with one attached hydrogen (secondary N) is 2. The molecule has 0 saturated carbocycles.